The van der Waals surface area contributed by atoms with Crippen molar-refractivity contribution < 1.29 is 33.7 Å². The highest BCUT2D eigenvalue weighted by Crippen LogP contribution is 2.36. The lowest BCUT2D eigenvalue weighted by Gasteiger charge is -2.30. The lowest BCUT2D eigenvalue weighted by atomic mass is 9.82. The first kappa shape index (κ1) is 28.6. The van der Waals surface area contributed by atoms with Crippen molar-refractivity contribution in [1.29, 1.82) is 0 Å². The number of ketones is 1. The molecule has 0 radical (unpaired) electrons. The van der Waals surface area contributed by atoms with Gasteiger partial charge in [0.15, 0.2) is 17.3 Å². The highest BCUT2D eigenvalue weighted by molar-refractivity contribution is 6.11. The molecule has 2 amide bonds. The first-order valence-electron chi connectivity index (χ1n) is 12.9. The molecule has 0 aromatic heterocycles. The molecule has 0 bridgehead atoms. The van der Waals surface area contributed by atoms with Gasteiger partial charge in [-0.3, -0.25) is 14.4 Å². The van der Waals surface area contributed by atoms with E-state index >= 15 is 0 Å². The predicted octanol–water partition coefficient (Wildman–Crippen LogP) is 3.46. The Hall–Kier alpha value is -4.44. The fourth-order valence-electron chi connectivity index (χ4n) is 5.28. The number of amides is 2. The minimum absolute atomic E-state index is 0.0763. The summed E-state index contributed by atoms with van der Waals surface area (Å²) in [6, 6.07) is 9.24. The number of nitrogens with two attached hydrogens (primary N) is 1. The third-order valence-corrected chi connectivity index (χ3v) is 7.40. The molecule has 210 valence electrons. The first-order chi connectivity index (χ1) is 19.0. The van der Waals surface area contributed by atoms with Gasteiger partial charge in [0.2, 0.25) is 5.91 Å². The number of phenolic OH excluding ortho intramolecular Hbond substituents is 2. The predicted molar refractivity (Wildman–Crippen MR) is 147 cm³/mol. The van der Waals surface area contributed by atoms with Crippen LogP contribution in [0, 0.1) is 19.7 Å². The minimum Gasteiger partial charge on any atom is -0.507 e. The highest BCUT2D eigenvalue weighted by Gasteiger charge is 2.32. The Kier molecular flexibility index (Phi) is 8.39. The van der Waals surface area contributed by atoms with E-state index in [9.17, 15) is 29.0 Å². The molecular weight excluding hydrogens is 517 g/mol. The Bertz CT molecular complexity index is 1470. The van der Waals surface area contributed by atoms with Crippen LogP contribution in [0.15, 0.2) is 42.5 Å². The van der Waals surface area contributed by atoms with Crippen molar-refractivity contribution in [1.82, 2.24) is 10.6 Å². The number of aromatic hydroxyl groups is 2. The summed E-state index contributed by atoms with van der Waals surface area (Å²) >= 11 is 0. The number of benzene rings is 3. The Balaban J connectivity index is 1.61. The fourth-order valence-corrected chi connectivity index (χ4v) is 5.28. The largest absolute Gasteiger partial charge is 0.507 e. The molecule has 0 spiro atoms. The van der Waals surface area contributed by atoms with E-state index in [1.165, 1.54) is 43.5 Å². The second-order valence-electron chi connectivity index (χ2n) is 9.91. The van der Waals surface area contributed by atoms with Crippen LogP contribution in [0.5, 0.6) is 17.2 Å². The molecule has 1 aliphatic rings. The van der Waals surface area contributed by atoms with Crippen LogP contribution in [0.1, 0.15) is 72.1 Å². The molecule has 0 aliphatic carbocycles. The standard InChI is InChI=1S/C30H32FN3O6/c1-15-13-19(29(32)38)24(16(2)27(15)36)20-14-33-12-4-5-21(20)34-30(39)18-8-6-17(7-9-18)28(37)25-22(35)10-11-23(40-3)26(25)31/h6-11,13,20-21,33,35-36H,4-5,12,14H2,1-3H3,(H2,32,38)(H,34,39)/t20-,21-/m1/s1. The Morgan fingerprint density at radius 3 is 2.40 bits per heavy atom. The van der Waals surface area contributed by atoms with Crippen LogP contribution in [0.4, 0.5) is 4.39 Å². The molecule has 2 atom stereocenters. The van der Waals surface area contributed by atoms with Crippen molar-refractivity contribution in [2.45, 2.75) is 38.6 Å². The van der Waals surface area contributed by atoms with Crippen molar-refractivity contribution >= 4 is 17.6 Å². The summed E-state index contributed by atoms with van der Waals surface area (Å²) in [6.45, 7) is 4.60. The van der Waals surface area contributed by atoms with Crippen LogP contribution < -0.4 is 21.1 Å². The van der Waals surface area contributed by atoms with Crippen LogP contribution in [-0.2, 0) is 0 Å². The van der Waals surface area contributed by atoms with Crippen LogP contribution in [-0.4, -0.2) is 54.1 Å². The lowest BCUT2D eigenvalue weighted by molar-refractivity contribution is 0.0928. The Labute approximate surface area is 231 Å². The normalized spacial score (nSPS) is 17.1. The number of phenols is 2. The number of aryl methyl sites for hydroxylation is 1. The Morgan fingerprint density at radius 2 is 1.75 bits per heavy atom. The number of methoxy groups -OCH3 is 1. The number of hydrogen-bond donors (Lipinski definition) is 5. The summed E-state index contributed by atoms with van der Waals surface area (Å²) in [5.41, 5.74) is 7.49. The second-order valence-corrected chi connectivity index (χ2v) is 9.91. The van der Waals surface area contributed by atoms with Gasteiger partial charge < -0.3 is 31.3 Å². The number of carbonyl (C=O) groups is 3. The number of halogens is 1. The van der Waals surface area contributed by atoms with Gasteiger partial charge >= 0.3 is 0 Å². The van der Waals surface area contributed by atoms with Gasteiger partial charge in [-0.05, 0) is 80.3 Å². The first-order valence-corrected chi connectivity index (χ1v) is 12.9. The smallest absolute Gasteiger partial charge is 0.251 e. The van der Waals surface area contributed by atoms with E-state index in [0.29, 0.717) is 35.2 Å². The quantitative estimate of drug-likeness (QED) is 0.283. The maximum atomic E-state index is 14.7. The third kappa shape index (κ3) is 5.48. The topological polar surface area (TPSA) is 151 Å². The van der Waals surface area contributed by atoms with Crippen molar-refractivity contribution in [3.63, 3.8) is 0 Å². The number of hydrogen-bond acceptors (Lipinski definition) is 7. The molecule has 9 nitrogen and oxygen atoms in total. The molecule has 1 heterocycles. The van der Waals surface area contributed by atoms with Crippen LogP contribution in [0.3, 0.4) is 0 Å². The molecular formula is C30H32FN3O6. The van der Waals surface area contributed by atoms with Crippen molar-refractivity contribution in [3.05, 3.63) is 87.2 Å². The van der Waals surface area contributed by atoms with Gasteiger partial charge in [0.25, 0.3) is 5.91 Å². The van der Waals surface area contributed by atoms with E-state index < -0.39 is 34.7 Å². The van der Waals surface area contributed by atoms with Gasteiger partial charge in [-0.1, -0.05) is 12.1 Å². The van der Waals surface area contributed by atoms with E-state index in [4.69, 9.17) is 10.5 Å². The van der Waals surface area contributed by atoms with Gasteiger partial charge in [-0.25, -0.2) is 4.39 Å². The summed E-state index contributed by atoms with van der Waals surface area (Å²) < 4.78 is 19.6. The molecule has 10 heteroatoms. The molecule has 1 fully saturated rings. The van der Waals surface area contributed by atoms with E-state index in [1.807, 2.05) is 0 Å². The zero-order valence-electron chi connectivity index (χ0n) is 22.5. The summed E-state index contributed by atoms with van der Waals surface area (Å²) in [6.07, 6.45) is 1.38. The number of ether oxygens (including phenoxy) is 1. The number of rotatable bonds is 7. The highest BCUT2D eigenvalue weighted by atomic mass is 19.1. The molecule has 1 aliphatic heterocycles. The number of primary amides is 1. The van der Waals surface area contributed by atoms with Crippen molar-refractivity contribution in [2.75, 3.05) is 20.2 Å². The number of carbonyl (C=O) groups excluding carboxylic acids is 3. The molecule has 3 aromatic rings. The SMILES string of the molecule is COc1ccc(O)c(C(=O)c2ccc(C(=O)N[C@@H]3CCCNC[C@H]3c3c(C(N)=O)cc(C)c(O)c3C)cc2)c1F. The maximum Gasteiger partial charge on any atom is 0.251 e. The van der Waals surface area contributed by atoms with Crippen molar-refractivity contribution in [3.8, 4) is 17.2 Å². The molecule has 6 N–H and O–H groups in total. The van der Waals surface area contributed by atoms with Gasteiger partial charge in [-0.2, -0.15) is 0 Å². The van der Waals surface area contributed by atoms with E-state index in [1.54, 1.807) is 19.9 Å². The van der Waals surface area contributed by atoms with Gasteiger partial charge in [0.1, 0.15) is 17.1 Å². The van der Waals surface area contributed by atoms with Crippen molar-refractivity contribution in [2.24, 2.45) is 5.73 Å². The Morgan fingerprint density at radius 1 is 1.07 bits per heavy atom. The second kappa shape index (κ2) is 11.7. The zero-order valence-corrected chi connectivity index (χ0v) is 22.5. The minimum atomic E-state index is -0.977. The average Bonchev–Trinajstić information content (AvgIpc) is 3.16. The molecule has 1 saturated heterocycles. The molecule has 0 saturated carbocycles. The molecule has 4 rings (SSSR count). The van der Waals surface area contributed by atoms with Gasteiger partial charge in [-0.15, -0.1) is 0 Å². The van der Waals surface area contributed by atoms with E-state index in [-0.39, 0.29) is 34.6 Å². The van der Waals surface area contributed by atoms with Gasteiger partial charge in [0.05, 0.1) is 7.11 Å². The summed E-state index contributed by atoms with van der Waals surface area (Å²) in [5, 5.41) is 27.1. The van der Waals surface area contributed by atoms with Gasteiger partial charge in [0, 0.05) is 35.2 Å². The van der Waals surface area contributed by atoms with Crippen LogP contribution >= 0.6 is 0 Å². The summed E-state index contributed by atoms with van der Waals surface area (Å²) in [4.78, 5) is 38.6. The summed E-state index contributed by atoms with van der Waals surface area (Å²) in [5.74, 6) is -3.73. The molecule has 40 heavy (non-hydrogen) atoms. The number of nitrogens with one attached hydrogen (secondary N) is 2. The molecule has 3 aromatic carbocycles. The zero-order chi connectivity index (χ0) is 29.1. The van der Waals surface area contributed by atoms with Crippen LogP contribution in [0.2, 0.25) is 0 Å². The average molecular weight is 550 g/mol. The fraction of sp³-hybridized carbons (Fsp3) is 0.300. The van der Waals surface area contributed by atoms with E-state index in [0.717, 1.165) is 13.0 Å². The van der Waals surface area contributed by atoms with E-state index in [2.05, 4.69) is 10.6 Å². The monoisotopic (exact) mass is 549 g/mol. The molecule has 0 unspecified atom stereocenters. The third-order valence-electron chi connectivity index (χ3n) is 7.40. The lowest BCUT2D eigenvalue weighted by Crippen LogP contribution is -2.42. The summed E-state index contributed by atoms with van der Waals surface area (Å²) in [7, 11) is 1.25. The van der Waals surface area contributed by atoms with Crippen LogP contribution in [0.25, 0.3) is 0 Å². The maximum absolute atomic E-state index is 14.7.